The largest absolute Gasteiger partial charge is 0.0654 e. The van der Waals surface area contributed by atoms with Crippen LogP contribution in [0.1, 0.15) is 115 Å². The molecular formula is C27H42. The summed E-state index contributed by atoms with van der Waals surface area (Å²) in [6.07, 6.45) is 20.0. The smallest absolute Gasteiger partial charge is 0.0149 e. The first-order valence-electron chi connectivity index (χ1n) is 11.8. The van der Waals surface area contributed by atoms with E-state index in [0.717, 1.165) is 0 Å². The van der Waals surface area contributed by atoms with Gasteiger partial charge >= 0.3 is 0 Å². The van der Waals surface area contributed by atoms with Crippen LogP contribution in [0.3, 0.4) is 0 Å². The fourth-order valence-electron chi connectivity index (χ4n) is 4.30. The highest BCUT2D eigenvalue weighted by molar-refractivity contribution is 5.86. The van der Waals surface area contributed by atoms with Crippen LogP contribution < -0.4 is 0 Å². The van der Waals surface area contributed by atoms with Crippen LogP contribution in [0.5, 0.6) is 0 Å². The SMILES string of the molecule is CCCCCCCCCCCCCCCC(C)c1cccc2ccccc12. The lowest BCUT2D eigenvalue weighted by atomic mass is 9.90. The van der Waals surface area contributed by atoms with Gasteiger partial charge < -0.3 is 0 Å². The molecule has 0 heteroatoms. The minimum atomic E-state index is 0.670. The Morgan fingerprint density at radius 1 is 0.593 bits per heavy atom. The molecular weight excluding hydrogens is 324 g/mol. The Bertz CT molecular complexity index is 607. The number of hydrogen-bond donors (Lipinski definition) is 0. The third-order valence-corrected chi connectivity index (χ3v) is 6.09. The van der Waals surface area contributed by atoms with E-state index < -0.39 is 0 Å². The fraction of sp³-hybridized carbons (Fsp3) is 0.630. The van der Waals surface area contributed by atoms with Gasteiger partial charge in [-0.25, -0.2) is 0 Å². The number of fused-ring (bicyclic) bond motifs is 1. The Morgan fingerprint density at radius 2 is 1.11 bits per heavy atom. The average Bonchev–Trinajstić information content (AvgIpc) is 2.71. The zero-order chi connectivity index (χ0) is 19.2. The topological polar surface area (TPSA) is 0 Å². The molecule has 0 N–H and O–H groups in total. The van der Waals surface area contributed by atoms with Gasteiger partial charge in [0, 0.05) is 0 Å². The first kappa shape index (κ1) is 22.0. The van der Waals surface area contributed by atoms with Crippen molar-refractivity contribution in [2.75, 3.05) is 0 Å². The molecule has 0 nitrogen and oxygen atoms in total. The first-order valence-corrected chi connectivity index (χ1v) is 11.8. The third kappa shape index (κ3) is 8.50. The second kappa shape index (κ2) is 13.8. The van der Waals surface area contributed by atoms with Gasteiger partial charge in [0.25, 0.3) is 0 Å². The molecule has 0 aliphatic rings. The molecule has 2 aromatic rings. The van der Waals surface area contributed by atoms with Crippen molar-refractivity contribution in [3.8, 4) is 0 Å². The second-order valence-corrected chi connectivity index (χ2v) is 8.50. The maximum absolute atomic E-state index is 2.41. The van der Waals surface area contributed by atoms with Crippen LogP contribution in [0.4, 0.5) is 0 Å². The van der Waals surface area contributed by atoms with Crippen LogP contribution >= 0.6 is 0 Å². The van der Waals surface area contributed by atoms with Crippen LogP contribution in [0.25, 0.3) is 10.8 Å². The summed E-state index contributed by atoms with van der Waals surface area (Å²) in [5, 5.41) is 2.83. The molecule has 1 unspecified atom stereocenters. The van der Waals surface area contributed by atoms with Gasteiger partial charge in [-0.1, -0.05) is 140 Å². The Kier molecular flexibility index (Phi) is 11.2. The molecule has 0 amide bonds. The van der Waals surface area contributed by atoms with Gasteiger partial charge in [0.1, 0.15) is 0 Å². The fourth-order valence-corrected chi connectivity index (χ4v) is 4.30. The minimum Gasteiger partial charge on any atom is -0.0654 e. The molecule has 0 saturated carbocycles. The minimum absolute atomic E-state index is 0.670. The summed E-state index contributed by atoms with van der Waals surface area (Å²) >= 11 is 0. The molecule has 2 rings (SSSR count). The van der Waals surface area contributed by atoms with E-state index >= 15 is 0 Å². The van der Waals surface area contributed by atoms with Crippen molar-refractivity contribution in [1.82, 2.24) is 0 Å². The number of hydrogen-bond acceptors (Lipinski definition) is 0. The highest BCUT2D eigenvalue weighted by Gasteiger charge is 2.08. The van der Waals surface area contributed by atoms with Crippen molar-refractivity contribution in [2.45, 2.75) is 110 Å². The highest BCUT2D eigenvalue weighted by Crippen LogP contribution is 2.29. The standard InChI is InChI=1S/C27H42/c1-3-4-5-6-7-8-9-10-11-12-13-14-15-19-24(2)26-23-18-21-25-20-16-17-22-27(25)26/h16-18,20-24H,3-15,19H2,1-2H3. The monoisotopic (exact) mass is 366 g/mol. The Morgan fingerprint density at radius 3 is 1.74 bits per heavy atom. The van der Waals surface area contributed by atoms with E-state index in [9.17, 15) is 0 Å². The molecule has 0 radical (unpaired) electrons. The second-order valence-electron chi connectivity index (χ2n) is 8.50. The quantitative estimate of drug-likeness (QED) is 0.275. The van der Waals surface area contributed by atoms with E-state index in [-0.39, 0.29) is 0 Å². The summed E-state index contributed by atoms with van der Waals surface area (Å²) < 4.78 is 0. The molecule has 0 spiro atoms. The lowest BCUT2D eigenvalue weighted by Crippen LogP contribution is -1.95. The van der Waals surface area contributed by atoms with Crippen LogP contribution in [-0.2, 0) is 0 Å². The third-order valence-electron chi connectivity index (χ3n) is 6.09. The van der Waals surface area contributed by atoms with Gasteiger partial charge in [-0.3, -0.25) is 0 Å². The van der Waals surface area contributed by atoms with E-state index in [1.54, 1.807) is 0 Å². The Labute approximate surface area is 168 Å². The van der Waals surface area contributed by atoms with Gasteiger partial charge in [0.05, 0.1) is 0 Å². The Balaban J connectivity index is 1.49. The molecule has 1 atom stereocenters. The van der Waals surface area contributed by atoms with Gasteiger partial charge in [-0.2, -0.15) is 0 Å². The zero-order valence-electron chi connectivity index (χ0n) is 18.0. The average molecular weight is 367 g/mol. The van der Waals surface area contributed by atoms with Gasteiger partial charge in [0.2, 0.25) is 0 Å². The summed E-state index contributed by atoms with van der Waals surface area (Å²) in [5.41, 5.74) is 1.53. The molecule has 0 saturated heterocycles. The van der Waals surface area contributed by atoms with E-state index in [1.807, 2.05) is 0 Å². The normalized spacial score (nSPS) is 12.5. The maximum Gasteiger partial charge on any atom is -0.0149 e. The molecule has 0 fully saturated rings. The van der Waals surface area contributed by atoms with Gasteiger partial charge in [-0.05, 0) is 28.7 Å². The number of benzene rings is 2. The van der Waals surface area contributed by atoms with Crippen LogP contribution in [0.15, 0.2) is 42.5 Å². The summed E-state index contributed by atoms with van der Waals surface area (Å²) in [4.78, 5) is 0. The van der Waals surface area contributed by atoms with Crippen molar-refractivity contribution in [2.24, 2.45) is 0 Å². The van der Waals surface area contributed by atoms with Crippen molar-refractivity contribution in [1.29, 1.82) is 0 Å². The summed E-state index contributed by atoms with van der Waals surface area (Å²) in [5.74, 6) is 0.670. The molecule has 0 aromatic heterocycles. The van der Waals surface area contributed by atoms with Crippen LogP contribution in [-0.4, -0.2) is 0 Å². The van der Waals surface area contributed by atoms with Crippen molar-refractivity contribution in [3.63, 3.8) is 0 Å². The molecule has 0 aliphatic heterocycles. The predicted octanol–water partition coefficient (Wildman–Crippen LogP) is 9.42. The van der Waals surface area contributed by atoms with Gasteiger partial charge in [0.15, 0.2) is 0 Å². The summed E-state index contributed by atoms with van der Waals surface area (Å²) in [6, 6.07) is 15.6. The summed E-state index contributed by atoms with van der Waals surface area (Å²) in [7, 11) is 0. The van der Waals surface area contributed by atoms with E-state index in [4.69, 9.17) is 0 Å². The molecule has 0 aliphatic carbocycles. The number of unbranched alkanes of at least 4 members (excludes halogenated alkanes) is 12. The van der Waals surface area contributed by atoms with E-state index in [2.05, 4.69) is 56.3 Å². The lowest BCUT2D eigenvalue weighted by Gasteiger charge is -2.14. The zero-order valence-corrected chi connectivity index (χ0v) is 18.0. The molecule has 0 bridgehead atoms. The van der Waals surface area contributed by atoms with E-state index in [1.165, 1.54) is 106 Å². The van der Waals surface area contributed by atoms with Crippen molar-refractivity contribution < 1.29 is 0 Å². The predicted molar refractivity (Wildman–Crippen MR) is 123 cm³/mol. The van der Waals surface area contributed by atoms with Gasteiger partial charge in [-0.15, -0.1) is 0 Å². The van der Waals surface area contributed by atoms with Crippen LogP contribution in [0, 0.1) is 0 Å². The molecule has 2 aromatic carbocycles. The van der Waals surface area contributed by atoms with Crippen LogP contribution in [0.2, 0.25) is 0 Å². The van der Waals surface area contributed by atoms with Crippen molar-refractivity contribution in [3.05, 3.63) is 48.0 Å². The Hall–Kier alpha value is -1.30. The van der Waals surface area contributed by atoms with Crippen molar-refractivity contribution >= 4 is 10.8 Å². The summed E-state index contributed by atoms with van der Waals surface area (Å²) in [6.45, 7) is 4.70. The lowest BCUT2D eigenvalue weighted by molar-refractivity contribution is 0.527. The first-order chi connectivity index (χ1) is 13.3. The highest BCUT2D eigenvalue weighted by atomic mass is 14.1. The maximum atomic E-state index is 2.41. The molecule has 27 heavy (non-hydrogen) atoms. The molecule has 150 valence electrons. The number of rotatable bonds is 15. The van der Waals surface area contributed by atoms with E-state index in [0.29, 0.717) is 5.92 Å². The molecule has 0 heterocycles.